The van der Waals surface area contributed by atoms with Gasteiger partial charge < -0.3 is 20.5 Å². The predicted octanol–water partition coefficient (Wildman–Crippen LogP) is 6.69. The molecule has 2 aromatic carbocycles. The van der Waals surface area contributed by atoms with Crippen molar-refractivity contribution in [3.8, 4) is 16.3 Å². The third-order valence-electron chi connectivity index (χ3n) is 6.69. The molecule has 0 unspecified atom stereocenters. The van der Waals surface area contributed by atoms with Crippen molar-refractivity contribution in [2.75, 3.05) is 5.32 Å². The van der Waals surface area contributed by atoms with Gasteiger partial charge in [-0.05, 0) is 81.3 Å². The lowest BCUT2D eigenvalue weighted by Gasteiger charge is -2.27. The van der Waals surface area contributed by atoms with E-state index in [1.54, 1.807) is 69.4 Å². The van der Waals surface area contributed by atoms with Crippen molar-refractivity contribution >= 4 is 52.4 Å². The Labute approximate surface area is 264 Å². The van der Waals surface area contributed by atoms with Crippen LogP contribution in [-0.2, 0) is 9.53 Å². The van der Waals surface area contributed by atoms with Crippen molar-refractivity contribution in [2.24, 2.45) is 5.92 Å². The first-order chi connectivity index (χ1) is 20.8. The minimum Gasteiger partial charge on any atom is -0.478 e. The maximum absolute atomic E-state index is 13.6. The van der Waals surface area contributed by atoms with Crippen LogP contribution >= 0.6 is 22.9 Å². The zero-order chi connectivity index (χ0) is 32.2. The number of carboxylic acids is 1. The molecule has 3 N–H and O–H groups in total. The van der Waals surface area contributed by atoms with E-state index < -0.39 is 35.4 Å². The number of rotatable bonds is 10. The largest absolute Gasteiger partial charge is 0.478 e. The third-order valence-corrected chi connectivity index (χ3v) is 7.93. The molecule has 2 amide bonds. The highest BCUT2D eigenvalue weighted by Crippen LogP contribution is 2.33. The van der Waals surface area contributed by atoms with Gasteiger partial charge in [-0.2, -0.15) is 5.10 Å². The Kier molecular flexibility index (Phi) is 9.91. The molecule has 10 nitrogen and oxygen atoms in total. The van der Waals surface area contributed by atoms with Crippen molar-refractivity contribution in [3.05, 3.63) is 87.9 Å². The molecule has 0 aliphatic carbocycles. The number of aromatic nitrogens is 2. The molecule has 2 aromatic heterocycles. The molecule has 230 valence electrons. The van der Waals surface area contributed by atoms with E-state index in [2.05, 4.69) is 15.7 Å². The number of carboxylic acid groups (broad SMARTS) is 1. The molecule has 2 atom stereocenters. The highest BCUT2D eigenvalue weighted by atomic mass is 35.5. The topological polar surface area (TPSA) is 140 Å². The number of aromatic carboxylic acids is 1. The van der Waals surface area contributed by atoms with Crippen LogP contribution in [0.5, 0.6) is 0 Å². The highest BCUT2D eigenvalue weighted by molar-refractivity contribution is 7.19. The maximum atomic E-state index is 13.6. The molecule has 0 bridgehead atoms. The zero-order valence-electron chi connectivity index (χ0n) is 24.9. The Morgan fingerprint density at radius 1 is 1.02 bits per heavy atom. The van der Waals surface area contributed by atoms with Gasteiger partial charge >= 0.3 is 11.9 Å². The predicted molar refractivity (Wildman–Crippen MR) is 170 cm³/mol. The second-order valence-electron chi connectivity index (χ2n) is 11.2. The Hall–Kier alpha value is -4.48. The number of hydrogen-bond donors (Lipinski definition) is 3. The Morgan fingerprint density at radius 3 is 2.32 bits per heavy atom. The highest BCUT2D eigenvalue weighted by Gasteiger charge is 2.31. The molecule has 0 saturated heterocycles. The van der Waals surface area contributed by atoms with Gasteiger partial charge in [0.2, 0.25) is 0 Å². The quantitative estimate of drug-likeness (QED) is 0.165. The van der Waals surface area contributed by atoms with E-state index in [-0.39, 0.29) is 22.6 Å². The summed E-state index contributed by atoms with van der Waals surface area (Å²) in [5.74, 6) is -2.70. The van der Waals surface area contributed by atoms with E-state index in [0.29, 0.717) is 32.7 Å². The molecule has 0 aliphatic rings. The molecule has 0 aliphatic heterocycles. The number of carbonyl (C=O) groups is 4. The van der Waals surface area contributed by atoms with Crippen molar-refractivity contribution in [2.45, 2.75) is 52.7 Å². The van der Waals surface area contributed by atoms with Crippen molar-refractivity contribution in [3.63, 3.8) is 0 Å². The summed E-state index contributed by atoms with van der Waals surface area (Å²) < 4.78 is 7.54. The smallest absolute Gasteiger partial charge is 0.335 e. The van der Waals surface area contributed by atoms with Gasteiger partial charge in [-0.25, -0.2) is 14.3 Å². The van der Waals surface area contributed by atoms with Gasteiger partial charge in [-0.1, -0.05) is 37.9 Å². The summed E-state index contributed by atoms with van der Waals surface area (Å²) in [6.07, 6.45) is 2.19. The SMILES string of the molecule is CC[C@H](C)[C@H](NC(=O)c1cccc(NC(=O)c2cn(-c3ccc(C(=O)O)cc3)nc2-c2ccc(Cl)s2)c1)C(=O)OC(C)(C)C. The van der Waals surface area contributed by atoms with Crippen LogP contribution in [0.25, 0.3) is 16.3 Å². The lowest BCUT2D eigenvalue weighted by molar-refractivity contribution is -0.158. The van der Waals surface area contributed by atoms with Crippen LogP contribution in [0.1, 0.15) is 72.1 Å². The van der Waals surface area contributed by atoms with Crippen LogP contribution in [-0.4, -0.2) is 50.3 Å². The summed E-state index contributed by atoms with van der Waals surface area (Å²) in [5.41, 5.74) is 1.19. The van der Waals surface area contributed by atoms with Crippen molar-refractivity contribution < 1.29 is 29.0 Å². The van der Waals surface area contributed by atoms with Crippen LogP contribution in [0.15, 0.2) is 66.9 Å². The fourth-order valence-corrected chi connectivity index (χ4v) is 5.29. The minimum absolute atomic E-state index is 0.120. The molecule has 4 aromatic rings. The third kappa shape index (κ3) is 7.91. The molecule has 0 radical (unpaired) electrons. The van der Waals surface area contributed by atoms with Gasteiger partial charge in [-0.15, -0.1) is 11.3 Å². The van der Waals surface area contributed by atoms with Crippen LogP contribution in [0, 0.1) is 5.92 Å². The summed E-state index contributed by atoms with van der Waals surface area (Å²) in [5, 5.41) is 19.4. The number of thiophene rings is 1. The van der Waals surface area contributed by atoms with E-state index in [1.165, 1.54) is 34.2 Å². The number of benzene rings is 2. The van der Waals surface area contributed by atoms with Crippen LogP contribution in [0.4, 0.5) is 5.69 Å². The van der Waals surface area contributed by atoms with Gasteiger partial charge in [0.1, 0.15) is 17.3 Å². The van der Waals surface area contributed by atoms with Gasteiger partial charge in [0.15, 0.2) is 0 Å². The summed E-state index contributed by atoms with van der Waals surface area (Å²) in [4.78, 5) is 51.6. The van der Waals surface area contributed by atoms with Crippen LogP contribution < -0.4 is 10.6 Å². The first kappa shape index (κ1) is 32.4. The Morgan fingerprint density at radius 2 is 1.73 bits per heavy atom. The van der Waals surface area contributed by atoms with Gasteiger partial charge in [0.05, 0.1) is 26.0 Å². The number of ether oxygens (including phenoxy) is 1. The second kappa shape index (κ2) is 13.4. The van der Waals surface area contributed by atoms with Gasteiger partial charge in [0, 0.05) is 17.4 Å². The first-order valence-electron chi connectivity index (χ1n) is 13.9. The molecule has 0 spiro atoms. The number of amides is 2. The minimum atomic E-state index is -1.05. The van der Waals surface area contributed by atoms with E-state index in [1.807, 2.05) is 13.8 Å². The Balaban J connectivity index is 1.59. The first-order valence-corrected chi connectivity index (χ1v) is 15.1. The second-order valence-corrected chi connectivity index (χ2v) is 12.9. The maximum Gasteiger partial charge on any atom is 0.335 e. The molecular formula is C32H33ClN4O6S. The number of esters is 1. The monoisotopic (exact) mass is 636 g/mol. The summed E-state index contributed by atoms with van der Waals surface area (Å²) in [6, 6.07) is 15.1. The number of halogens is 1. The van der Waals surface area contributed by atoms with Crippen LogP contribution in [0.3, 0.4) is 0 Å². The standard InChI is InChI=1S/C32H33ClN4O6S/c1-6-18(2)26(31(42)43-32(3,4)5)35-28(38)20-8-7-9-21(16-20)34-29(39)23-17-37(22-12-10-19(11-13-22)30(40)41)36-27(23)24-14-15-25(33)44-24/h7-18,26H,6H2,1-5H3,(H,34,39)(H,35,38)(H,40,41)/t18-,26-/m0/s1. The number of carbonyl (C=O) groups excluding carboxylic acids is 3. The summed E-state index contributed by atoms with van der Waals surface area (Å²) >= 11 is 7.42. The average molecular weight is 637 g/mol. The van der Waals surface area contributed by atoms with E-state index in [4.69, 9.17) is 16.3 Å². The van der Waals surface area contributed by atoms with Gasteiger partial charge in [-0.3, -0.25) is 9.59 Å². The van der Waals surface area contributed by atoms with E-state index in [9.17, 15) is 24.3 Å². The Bertz CT molecular complexity index is 1690. The number of nitrogens with one attached hydrogen (secondary N) is 2. The van der Waals surface area contributed by atoms with Crippen molar-refractivity contribution in [1.29, 1.82) is 0 Å². The lowest BCUT2D eigenvalue weighted by atomic mass is 9.98. The normalized spacial score (nSPS) is 12.7. The summed E-state index contributed by atoms with van der Waals surface area (Å²) in [7, 11) is 0. The lowest BCUT2D eigenvalue weighted by Crippen LogP contribution is -2.47. The molecule has 0 saturated carbocycles. The molecule has 4 rings (SSSR count). The molecule has 44 heavy (non-hydrogen) atoms. The number of anilines is 1. The number of nitrogens with zero attached hydrogens (tertiary/aromatic N) is 2. The molecule has 0 fully saturated rings. The van der Waals surface area contributed by atoms with Crippen LogP contribution in [0.2, 0.25) is 4.34 Å². The van der Waals surface area contributed by atoms with Gasteiger partial charge in [0.25, 0.3) is 11.8 Å². The van der Waals surface area contributed by atoms with Crippen molar-refractivity contribution in [1.82, 2.24) is 15.1 Å². The fraction of sp³-hybridized carbons (Fsp3) is 0.281. The van der Waals surface area contributed by atoms with E-state index >= 15 is 0 Å². The van der Waals surface area contributed by atoms with E-state index in [0.717, 1.165) is 0 Å². The molecular weight excluding hydrogens is 604 g/mol. The summed E-state index contributed by atoms with van der Waals surface area (Å²) in [6.45, 7) is 9.10. The molecule has 12 heteroatoms. The zero-order valence-corrected chi connectivity index (χ0v) is 26.5. The fourth-order valence-electron chi connectivity index (χ4n) is 4.25. The average Bonchev–Trinajstić information content (AvgIpc) is 3.61. The number of hydrogen-bond acceptors (Lipinski definition) is 7. The molecule has 2 heterocycles.